The first-order valence-corrected chi connectivity index (χ1v) is 3.25. The van der Waals surface area contributed by atoms with E-state index in [4.69, 9.17) is 9.47 Å². The summed E-state index contributed by atoms with van der Waals surface area (Å²) >= 11 is 0. The molecule has 1 fully saturated rings. The van der Waals surface area contributed by atoms with E-state index in [-0.39, 0.29) is 19.5 Å². The third-order valence-corrected chi connectivity index (χ3v) is 1.33. The molecule has 0 amide bonds. The van der Waals surface area contributed by atoms with Crippen LogP contribution in [-0.2, 0) is 14.3 Å². The summed E-state index contributed by atoms with van der Waals surface area (Å²) < 4.78 is 9.88. The zero-order valence-corrected chi connectivity index (χ0v) is 5.89. The van der Waals surface area contributed by atoms with Gasteiger partial charge in [0.15, 0.2) is 0 Å². The van der Waals surface area contributed by atoms with Crippen molar-refractivity contribution in [3.05, 3.63) is 10.1 Å². The molecule has 0 radical (unpaired) electrons. The first kappa shape index (κ1) is 8.22. The van der Waals surface area contributed by atoms with Gasteiger partial charge in [0.25, 0.3) is 5.09 Å². The molecule has 11 heavy (non-hydrogen) atoms. The highest BCUT2D eigenvalue weighted by Crippen LogP contribution is 2.06. The molecule has 1 aliphatic rings. The topological polar surface area (TPSA) is 70.8 Å². The fourth-order valence-corrected chi connectivity index (χ4v) is 0.797. The molecule has 0 aliphatic carbocycles. The van der Waals surface area contributed by atoms with Crippen LogP contribution >= 0.6 is 0 Å². The van der Waals surface area contributed by atoms with Gasteiger partial charge in [-0.2, -0.15) is 0 Å². The largest absolute Gasteiger partial charge is 0.353 e. The van der Waals surface area contributed by atoms with Crippen LogP contribution in [0.1, 0.15) is 6.42 Å². The summed E-state index contributed by atoms with van der Waals surface area (Å²) in [4.78, 5) is 13.8. The van der Waals surface area contributed by atoms with Crippen molar-refractivity contribution in [2.24, 2.45) is 0 Å². The number of nitrogens with zero attached hydrogens (tertiary/aromatic N) is 1. The fraction of sp³-hybridized carbons (Fsp3) is 1.00. The molecule has 1 aliphatic heterocycles. The second kappa shape index (κ2) is 4.09. The van der Waals surface area contributed by atoms with Crippen LogP contribution in [0.15, 0.2) is 0 Å². The SMILES string of the molecule is O=[N+]([O-])OCCC1COCO1. The van der Waals surface area contributed by atoms with E-state index in [1.165, 1.54) is 0 Å². The maximum atomic E-state index is 9.68. The van der Waals surface area contributed by atoms with Crippen molar-refractivity contribution in [1.82, 2.24) is 0 Å². The van der Waals surface area contributed by atoms with Crippen molar-refractivity contribution < 1.29 is 19.4 Å². The Hall–Kier alpha value is -0.880. The number of hydrogen-bond acceptors (Lipinski definition) is 5. The van der Waals surface area contributed by atoms with Crippen molar-refractivity contribution in [2.45, 2.75) is 12.5 Å². The van der Waals surface area contributed by atoms with Gasteiger partial charge < -0.3 is 14.3 Å². The molecule has 0 spiro atoms. The van der Waals surface area contributed by atoms with Crippen LogP contribution in [0.3, 0.4) is 0 Å². The Bertz CT molecular complexity index is 133. The van der Waals surface area contributed by atoms with Gasteiger partial charge in [-0.1, -0.05) is 0 Å². The molecule has 64 valence electrons. The lowest BCUT2D eigenvalue weighted by Gasteiger charge is -2.04. The molecule has 6 nitrogen and oxygen atoms in total. The van der Waals surface area contributed by atoms with Gasteiger partial charge in [0.1, 0.15) is 6.79 Å². The third kappa shape index (κ3) is 3.15. The van der Waals surface area contributed by atoms with Gasteiger partial charge in [-0.05, 0) is 6.42 Å². The lowest BCUT2D eigenvalue weighted by Crippen LogP contribution is -2.14. The van der Waals surface area contributed by atoms with Crippen LogP contribution in [0.4, 0.5) is 0 Å². The molecule has 1 atom stereocenters. The van der Waals surface area contributed by atoms with E-state index < -0.39 is 5.09 Å². The van der Waals surface area contributed by atoms with Crippen LogP contribution in [0.5, 0.6) is 0 Å². The van der Waals surface area contributed by atoms with E-state index in [0.717, 1.165) is 0 Å². The molecule has 6 heteroatoms. The quantitative estimate of drug-likeness (QED) is 0.429. The van der Waals surface area contributed by atoms with Gasteiger partial charge in [0, 0.05) is 0 Å². The van der Waals surface area contributed by atoms with Crippen LogP contribution in [0, 0.1) is 10.1 Å². The number of ether oxygens (including phenoxy) is 2. The second-order valence-electron chi connectivity index (χ2n) is 2.12. The Labute approximate surface area is 63.1 Å². The van der Waals surface area contributed by atoms with Crippen LogP contribution in [0.25, 0.3) is 0 Å². The summed E-state index contributed by atoms with van der Waals surface area (Å²) in [7, 11) is 0. The Morgan fingerprint density at radius 2 is 2.55 bits per heavy atom. The van der Waals surface area contributed by atoms with E-state index in [1.54, 1.807) is 0 Å². The zero-order chi connectivity index (χ0) is 8.10. The first-order chi connectivity index (χ1) is 5.29. The van der Waals surface area contributed by atoms with E-state index in [9.17, 15) is 10.1 Å². The summed E-state index contributed by atoms with van der Waals surface area (Å²) in [5.41, 5.74) is 0. The van der Waals surface area contributed by atoms with Gasteiger partial charge in [-0.15, -0.1) is 10.1 Å². The lowest BCUT2D eigenvalue weighted by molar-refractivity contribution is -0.758. The molecule has 0 aromatic heterocycles. The zero-order valence-electron chi connectivity index (χ0n) is 5.89. The average molecular weight is 163 g/mol. The van der Waals surface area contributed by atoms with Gasteiger partial charge in [-0.3, -0.25) is 0 Å². The minimum Gasteiger partial charge on any atom is -0.353 e. The number of hydrogen-bond donors (Lipinski definition) is 0. The molecule has 1 rings (SSSR count). The Morgan fingerprint density at radius 1 is 1.73 bits per heavy atom. The molecular weight excluding hydrogens is 154 g/mol. The molecule has 1 heterocycles. The fourth-order valence-electron chi connectivity index (χ4n) is 0.797. The summed E-state index contributed by atoms with van der Waals surface area (Å²) in [6, 6.07) is 0. The van der Waals surface area contributed by atoms with Gasteiger partial charge in [-0.25, -0.2) is 0 Å². The smallest absolute Gasteiger partial charge is 0.294 e. The molecule has 0 bridgehead atoms. The van der Waals surface area contributed by atoms with Crippen LogP contribution < -0.4 is 0 Å². The van der Waals surface area contributed by atoms with Crippen molar-refractivity contribution >= 4 is 0 Å². The maximum Gasteiger partial charge on any atom is 0.294 e. The predicted octanol–water partition coefficient (Wildman–Crippen LogP) is -0.0423. The van der Waals surface area contributed by atoms with Gasteiger partial charge >= 0.3 is 0 Å². The maximum absolute atomic E-state index is 9.68. The normalized spacial score (nSPS) is 23.5. The molecule has 0 aromatic carbocycles. The van der Waals surface area contributed by atoms with E-state index in [0.29, 0.717) is 13.0 Å². The lowest BCUT2D eigenvalue weighted by atomic mass is 10.3. The molecule has 0 aromatic rings. The van der Waals surface area contributed by atoms with Crippen molar-refractivity contribution in [1.29, 1.82) is 0 Å². The summed E-state index contributed by atoms with van der Waals surface area (Å²) in [5.74, 6) is 0. The Kier molecular flexibility index (Phi) is 3.06. The van der Waals surface area contributed by atoms with Crippen LogP contribution in [-0.4, -0.2) is 31.2 Å². The van der Waals surface area contributed by atoms with E-state index >= 15 is 0 Å². The van der Waals surface area contributed by atoms with Crippen molar-refractivity contribution in [2.75, 3.05) is 20.0 Å². The van der Waals surface area contributed by atoms with Crippen molar-refractivity contribution in [3.63, 3.8) is 0 Å². The Balaban J connectivity index is 1.98. The summed E-state index contributed by atoms with van der Waals surface area (Å²) in [6.45, 7) is 0.852. The average Bonchev–Trinajstić information content (AvgIpc) is 2.39. The monoisotopic (exact) mass is 163 g/mol. The van der Waals surface area contributed by atoms with E-state index in [2.05, 4.69) is 4.84 Å². The van der Waals surface area contributed by atoms with Crippen molar-refractivity contribution in [3.8, 4) is 0 Å². The van der Waals surface area contributed by atoms with E-state index in [1.807, 2.05) is 0 Å². The standard InChI is InChI=1S/C5H9NO5/c7-6(8)11-2-1-5-3-9-4-10-5/h5H,1-4H2. The highest BCUT2D eigenvalue weighted by Gasteiger charge is 2.15. The minimum absolute atomic E-state index is 0.0463. The first-order valence-electron chi connectivity index (χ1n) is 3.25. The van der Waals surface area contributed by atoms with Gasteiger partial charge in [0.2, 0.25) is 0 Å². The molecular formula is C5H9NO5. The minimum atomic E-state index is -0.810. The molecule has 0 N–H and O–H groups in total. The molecule has 1 unspecified atom stereocenters. The van der Waals surface area contributed by atoms with Gasteiger partial charge in [0.05, 0.1) is 19.3 Å². The predicted molar refractivity (Wildman–Crippen MR) is 33.3 cm³/mol. The molecule has 1 saturated heterocycles. The Morgan fingerprint density at radius 3 is 3.09 bits per heavy atom. The summed E-state index contributed by atoms with van der Waals surface area (Å²) in [5, 5.41) is 8.87. The number of rotatable bonds is 4. The summed E-state index contributed by atoms with van der Waals surface area (Å²) in [6.07, 6.45) is 0.455. The third-order valence-electron chi connectivity index (χ3n) is 1.33. The highest BCUT2D eigenvalue weighted by atomic mass is 16.9. The van der Waals surface area contributed by atoms with Crippen LogP contribution in [0.2, 0.25) is 0 Å². The highest BCUT2D eigenvalue weighted by molar-refractivity contribution is 4.58. The second-order valence-corrected chi connectivity index (χ2v) is 2.12. The molecule has 0 saturated carbocycles.